The Hall–Kier alpha value is -1.24. The van der Waals surface area contributed by atoms with Crippen LogP contribution in [-0.2, 0) is 6.54 Å². The van der Waals surface area contributed by atoms with Gasteiger partial charge in [-0.05, 0) is 31.7 Å². The van der Waals surface area contributed by atoms with Gasteiger partial charge in [-0.1, -0.05) is 24.3 Å². The Bertz CT molecular complexity index is 487. The topological polar surface area (TPSA) is 45.7 Å². The Morgan fingerprint density at radius 2 is 2.14 bits per heavy atom. The highest BCUT2D eigenvalue weighted by atomic mass is 127. The first-order valence-electron chi connectivity index (χ1n) is 7.67. The number of aliphatic imine (C=N–C) groups is 1. The summed E-state index contributed by atoms with van der Waals surface area (Å²) in [5, 5.41) is 6.42. The maximum absolute atomic E-state index is 5.91. The molecular formula is C17H26IN3O. The van der Waals surface area contributed by atoms with E-state index in [2.05, 4.69) is 35.2 Å². The number of nitrogens with one attached hydrogen (secondary N) is 2. The Labute approximate surface area is 150 Å². The van der Waals surface area contributed by atoms with Crippen LogP contribution < -0.4 is 15.4 Å². The van der Waals surface area contributed by atoms with Crippen LogP contribution in [0.3, 0.4) is 0 Å². The normalized spacial score (nSPS) is 14.0. The molecular weight excluding hydrogens is 389 g/mol. The van der Waals surface area contributed by atoms with Gasteiger partial charge in [0.25, 0.3) is 0 Å². The molecule has 2 rings (SSSR count). The van der Waals surface area contributed by atoms with Crippen molar-refractivity contribution in [2.75, 3.05) is 19.7 Å². The number of nitrogens with zero attached hydrogens (tertiary/aromatic N) is 1. The van der Waals surface area contributed by atoms with E-state index < -0.39 is 0 Å². The number of halogens is 1. The molecule has 2 N–H and O–H groups in total. The monoisotopic (exact) mass is 415 g/mol. The maximum atomic E-state index is 5.91. The van der Waals surface area contributed by atoms with Crippen molar-refractivity contribution in [2.45, 2.75) is 26.3 Å². The van der Waals surface area contributed by atoms with Gasteiger partial charge in [-0.2, -0.15) is 0 Å². The van der Waals surface area contributed by atoms with Crippen LogP contribution in [0.25, 0.3) is 0 Å². The molecule has 1 aromatic rings. The van der Waals surface area contributed by atoms with Crippen LogP contribution in [0.2, 0.25) is 0 Å². The molecule has 1 aliphatic rings. The maximum Gasteiger partial charge on any atom is 0.191 e. The van der Waals surface area contributed by atoms with Crippen molar-refractivity contribution in [1.29, 1.82) is 0 Å². The number of ether oxygens (including phenoxy) is 1. The molecule has 0 aromatic heterocycles. The minimum Gasteiger partial charge on any atom is -0.493 e. The van der Waals surface area contributed by atoms with Crippen molar-refractivity contribution in [2.24, 2.45) is 10.9 Å². The van der Waals surface area contributed by atoms with Crippen molar-refractivity contribution in [3.63, 3.8) is 0 Å². The zero-order valence-corrected chi connectivity index (χ0v) is 15.5. The molecule has 0 atom stereocenters. The summed E-state index contributed by atoms with van der Waals surface area (Å²) in [6.45, 7) is 8.73. The lowest BCUT2D eigenvalue weighted by molar-refractivity contribution is 0.297. The summed E-state index contributed by atoms with van der Waals surface area (Å²) >= 11 is 0. The second-order valence-corrected chi connectivity index (χ2v) is 5.23. The van der Waals surface area contributed by atoms with Crippen molar-refractivity contribution in [3.8, 4) is 5.75 Å². The fourth-order valence-electron chi connectivity index (χ4n) is 1.94. The molecule has 0 bridgehead atoms. The smallest absolute Gasteiger partial charge is 0.191 e. The predicted octanol–water partition coefficient (Wildman–Crippen LogP) is 3.33. The molecule has 0 saturated heterocycles. The van der Waals surface area contributed by atoms with Crippen LogP contribution >= 0.6 is 24.0 Å². The largest absolute Gasteiger partial charge is 0.493 e. The molecule has 1 fully saturated rings. The van der Waals surface area contributed by atoms with Gasteiger partial charge in [-0.15, -0.1) is 30.6 Å². The third-order valence-electron chi connectivity index (χ3n) is 3.31. The fourth-order valence-corrected chi connectivity index (χ4v) is 1.94. The summed E-state index contributed by atoms with van der Waals surface area (Å²) in [6.07, 6.45) is 4.42. The van der Waals surface area contributed by atoms with Gasteiger partial charge in [-0.25, -0.2) is 4.99 Å². The minimum absolute atomic E-state index is 0. The molecule has 0 radical (unpaired) electrons. The molecule has 122 valence electrons. The van der Waals surface area contributed by atoms with Gasteiger partial charge in [0.2, 0.25) is 0 Å². The molecule has 0 unspecified atom stereocenters. The lowest BCUT2D eigenvalue weighted by Crippen LogP contribution is -2.37. The van der Waals surface area contributed by atoms with Crippen molar-refractivity contribution in [3.05, 3.63) is 42.5 Å². The zero-order valence-electron chi connectivity index (χ0n) is 13.2. The van der Waals surface area contributed by atoms with E-state index in [-0.39, 0.29) is 24.0 Å². The standard InChI is InChI=1S/C17H25N3O.HI/c1-3-11-19-17(18-4-2)20-12-15-7-5-6-8-16(15)21-13-14-9-10-14;/h3,5-8,14H,1,4,9-13H2,2H3,(H2,18,19,20);1H. The van der Waals surface area contributed by atoms with Crippen LogP contribution in [0.1, 0.15) is 25.3 Å². The summed E-state index contributed by atoms with van der Waals surface area (Å²) in [5.41, 5.74) is 1.12. The van der Waals surface area contributed by atoms with Gasteiger partial charge in [-0.3, -0.25) is 0 Å². The van der Waals surface area contributed by atoms with Gasteiger partial charge in [0.15, 0.2) is 5.96 Å². The van der Waals surface area contributed by atoms with Crippen molar-refractivity contribution >= 4 is 29.9 Å². The molecule has 0 amide bonds. The average Bonchev–Trinajstić information content (AvgIpc) is 3.33. The number of benzene rings is 1. The molecule has 1 saturated carbocycles. The molecule has 22 heavy (non-hydrogen) atoms. The number of hydrogen-bond donors (Lipinski definition) is 2. The van der Waals surface area contributed by atoms with Gasteiger partial charge in [0.05, 0.1) is 13.2 Å². The summed E-state index contributed by atoms with van der Waals surface area (Å²) in [4.78, 5) is 4.59. The molecule has 1 aromatic carbocycles. The first-order valence-corrected chi connectivity index (χ1v) is 7.67. The first kappa shape index (κ1) is 18.8. The first-order chi connectivity index (χ1) is 10.3. The molecule has 4 nitrogen and oxygen atoms in total. The average molecular weight is 415 g/mol. The van der Waals surface area contributed by atoms with E-state index in [1.165, 1.54) is 12.8 Å². The minimum atomic E-state index is 0. The van der Waals surface area contributed by atoms with Crippen LogP contribution in [0.15, 0.2) is 41.9 Å². The number of hydrogen-bond acceptors (Lipinski definition) is 2. The number of rotatable bonds is 8. The van der Waals surface area contributed by atoms with E-state index in [9.17, 15) is 0 Å². The SMILES string of the molecule is C=CCNC(=NCc1ccccc1OCC1CC1)NCC.I. The molecule has 0 aliphatic heterocycles. The molecule has 0 spiro atoms. The van der Waals surface area contributed by atoms with Crippen LogP contribution in [-0.4, -0.2) is 25.7 Å². The second-order valence-electron chi connectivity index (χ2n) is 5.23. The third-order valence-corrected chi connectivity index (χ3v) is 3.31. The second kappa shape index (κ2) is 10.5. The van der Waals surface area contributed by atoms with E-state index >= 15 is 0 Å². The van der Waals surface area contributed by atoms with Crippen molar-refractivity contribution < 1.29 is 4.74 Å². The highest BCUT2D eigenvalue weighted by Crippen LogP contribution is 2.30. The van der Waals surface area contributed by atoms with Gasteiger partial charge < -0.3 is 15.4 Å². The van der Waals surface area contributed by atoms with Crippen molar-refractivity contribution in [1.82, 2.24) is 10.6 Å². The zero-order chi connectivity index (χ0) is 14.9. The van der Waals surface area contributed by atoms with E-state index in [0.717, 1.165) is 36.3 Å². The van der Waals surface area contributed by atoms with Crippen LogP contribution in [0, 0.1) is 5.92 Å². The van der Waals surface area contributed by atoms with E-state index in [4.69, 9.17) is 4.74 Å². The van der Waals surface area contributed by atoms with E-state index in [1.807, 2.05) is 24.3 Å². The van der Waals surface area contributed by atoms with E-state index in [0.29, 0.717) is 13.1 Å². The summed E-state index contributed by atoms with van der Waals surface area (Å²) in [7, 11) is 0. The number of para-hydroxylation sites is 1. The summed E-state index contributed by atoms with van der Waals surface area (Å²) in [5.74, 6) is 2.51. The number of guanidine groups is 1. The van der Waals surface area contributed by atoms with Gasteiger partial charge in [0, 0.05) is 18.7 Å². The van der Waals surface area contributed by atoms with Gasteiger partial charge >= 0.3 is 0 Å². The Kier molecular flexibility index (Phi) is 8.96. The quantitative estimate of drug-likeness (QED) is 0.296. The third kappa shape index (κ3) is 6.68. The Balaban J connectivity index is 0.00000242. The Morgan fingerprint density at radius 3 is 2.82 bits per heavy atom. The molecule has 1 aliphatic carbocycles. The summed E-state index contributed by atoms with van der Waals surface area (Å²) < 4.78 is 5.91. The lowest BCUT2D eigenvalue weighted by Gasteiger charge is -2.12. The van der Waals surface area contributed by atoms with E-state index in [1.54, 1.807) is 0 Å². The van der Waals surface area contributed by atoms with Crippen LogP contribution in [0.4, 0.5) is 0 Å². The lowest BCUT2D eigenvalue weighted by atomic mass is 10.2. The highest BCUT2D eigenvalue weighted by molar-refractivity contribution is 14.0. The Morgan fingerprint density at radius 1 is 1.36 bits per heavy atom. The highest BCUT2D eigenvalue weighted by Gasteiger charge is 2.22. The predicted molar refractivity (Wildman–Crippen MR) is 103 cm³/mol. The fraction of sp³-hybridized carbons (Fsp3) is 0.471. The molecule has 0 heterocycles. The van der Waals surface area contributed by atoms with Gasteiger partial charge in [0.1, 0.15) is 5.75 Å². The summed E-state index contributed by atoms with van der Waals surface area (Å²) in [6, 6.07) is 8.13. The molecule has 5 heteroatoms. The van der Waals surface area contributed by atoms with Crippen LogP contribution in [0.5, 0.6) is 5.75 Å².